The van der Waals surface area contributed by atoms with E-state index in [9.17, 15) is 0 Å². The van der Waals surface area contributed by atoms with Crippen molar-refractivity contribution in [1.29, 1.82) is 0 Å². The fourth-order valence-electron chi connectivity index (χ4n) is 1.14. The third kappa shape index (κ3) is 1.59. The van der Waals surface area contributed by atoms with Crippen LogP contribution in [0.2, 0.25) is 0 Å². The first-order chi connectivity index (χ1) is 6.42. The summed E-state index contributed by atoms with van der Waals surface area (Å²) in [5, 5.41) is 9.89. The number of nitrogens with two attached hydrogens (primary N) is 1. The first-order valence-corrected chi connectivity index (χ1v) is 4.84. The minimum absolute atomic E-state index is 0.551. The number of hydrogen-bond donors (Lipinski definition) is 1. The molecule has 2 rings (SSSR count). The quantitative estimate of drug-likeness (QED) is 0.785. The van der Waals surface area contributed by atoms with Crippen molar-refractivity contribution in [3.8, 4) is 10.6 Å². The predicted molar refractivity (Wildman–Crippen MR) is 53.2 cm³/mol. The van der Waals surface area contributed by atoms with Gasteiger partial charge >= 0.3 is 0 Å². The average molecular weight is 191 g/mol. The average Bonchev–Trinajstić information content (AvgIpc) is 2.67. The van der Waals surface area contributed by atoms with Crippen LogP contribution >= 0.6 is 11.3 Å². The molecule has 2 heterocycles. The number of nitrogens with zero attached hydrogens (tertiary/aromatic N) is 2. The standard InChI is InChI=1S/C9H9N3S/c10-6-7-3-5-13-9(7)8-2-1-4-11-12-8/h1-5H,6,10H2. The molecule has 0 saturated heterocycles. The molecule has 0 amide bonds. The molecule has 0 spiro atoms. The zero-order chi connectivity index (χ0) is 9.10. The maximum absolute atomic E-state index is 5.59. The molecule has 13 heavy (non-hydrogen) atoms. The van der Waals surface area contributed by atoms with Crippen LogP contribution in [0.3, 0.4) is 0 Å². The van der Waals surface area contributed by atoms with Crippen molar-refractivity contribution in [3.63, 3.8) is 0 Å². The van der Waals surface area contributed by atoms with E-state index in [1.165, 1.54) is 0 Å². The Morgan fingerprint density at radius 2 is 2.31 bits per heavy atom. The molecular formula is C9H9N3S. The van der Waals surface area contributed by atoms with Crippen LogP contribution in [-0.2, 0) is 6.54 Å². The topological polar surface area (TPSA) is 51.8 Å². The van der Waals surface area contributed by atoms with Crippen molar-refractivity contribution in [3.05, 3.63) is 35.3 Å². The van der Waals surface area contributed by atoms with Gasteiger partial charge in [-0.15, -0.1) is 16.4 Å². The fraction of sp³-hybridized carbons (Fsp3) is 0.111. The molecule has 0 fully saturated rings. The molecule has 0 unspecified atom stereocenters. The molecule has 0 aromatic carbocycles. The van der Waals surface area contributed by atoms with Gasteiger partial charge in [0.25, 0.3) is 0 Å². The molecule has 66 valence electrons. The van der Waals surface area contributed by atoms with Gasteiger partial charge in [0.05, 0.1) is 4.88 Å². The van der Waals surface area contributed by atoms with E-state index in [1.54, 1.807) is 17.5 Å². The third-order valence-electron chi connectivity index (χ3n) is 1.77. The minimum Gasteiger partial charge on any atom is -0.326 e. The second-order valence-corrected chi connectivity index (χ2v) is 3.50. The zero-order valence-electron chi connectivity index (χ0n) is 6.97. The molecule has 0 bridgehead atoms. The zero-order valence-corrected chi connectivity index (χ0v) is 7.79. The van der Waals surface area contributed by atoms with Gasteiger partial charge in [-0.1, -0.05) is 0 Å². The summed E-state index contributed by atoms with van der Waals surface area (Å²) in [5.41, 5.74) is 7.62. The Balaban J connectivity index is 2.47. The van der Waals surface area contributed by atoms with Gasteiger partial charge in [-0.25, -0.2) is 0 Å². The summed E-state index contributed by atoms with van der Waals surface area (Å²) in [6.07, 6.45) is 1.67. The third-order valence-corrected chi connectivity index (χ3v) is 2.75. The molecule has 0 aliphatic rings. The van der Waals surface area contributed by atoms with Gasteiger partial charge in [-0.3, -0.25) is 0 Å². The second-order valence-electron chi connectivity index (χ2n) is 2.59. The van der Waals surface area contributed by atoms with Gasteiger partial charge in [-0.2, -0.15) is 5.10 Å². The lowest BCUT2D eigenvalue weighted by Gasteiger charge is -1.97. The van der Waals surface area contributed by atoms with Crippen LogP contribution in [0.5, 0.6) is 0 Å². The van der Waals surface area contributed by atoms with E-state index in [0.29, 0.717) is 6.54 Å². The van der Waals surface area contributed by atoms with Gasteiger partial charge in [0.2, 0.25) is 0 Å². The SMILES string of the molecule is NCc1ccsc1-c1cccnn1. The van der Waals surface area contributed by atoms with E-state index < -0.39 is 0 Å². The van der Waals surface area contributed by atoms with Gasteiger partial charge in [0.1, 0.15) is 5.69 Å². The van der Waals surface area contributed by atoms with Crippen LogP contribution in [-0.4, -0.2) is 10.2 Å². The van der Waals surface area contributed by atoms with Crippen molar-refractivity contribution < 1.29 is 0 Å². The molecule has 0 aliphatic heterocycles. The molecule has 3 nitrogen and oxygen atoms in total. The van der Waals surface area contributed by atoms with Gasteiger partial charge in [-0.05, 0) is 29.1 Å². The van der Waals surface area contributed by atoms with E-state index in [-0.39, 0.29) is 0 Å². The summed E-state index contributed by atoms with van der Waals surface area (Å²) in [7, 11) is 0. The lowest BCUT2D eigenvalue weighted by molar-refractivity contribution is 1.03. The van der Waals surface area contributed by atoms with Crippen LogP contribution in [0.25, 0.3) is 10.6 Å². The molecule has 0 saturated carbocycles. The summed E-state index contributed by atoms with van der Waals surface area (Å²) in [5.74, 6) is 0. The summed E-state index contributed by atoms with van der Waals surface area (Å²) >= 11 is 1.64. The Kier molecular flexibility index (Phi) is 2.33. The molecule has 0 atom stereocenters. The van der Waals surface area contributed by atoms with Crippen molar-refractivity contribution in [2.24, 2.45) is 5.73 Å². The Morgan fingerprint density at radius 1 is 1.38 bits per heavy atom. The van der Waals surface area contributed by atoms with Crippen molar-refractivity contribution >= 4 is 11.3 Å². The highest BCUT2D eigenvalue weighted by atomic mass is 32.1. The molecule has 2 aromatic rings. The summed E-state index contributed by atoms with van der Waals surface area (Å²) < 4.78 is 0. The Bertz CT molecular complexity index is 383. The fourth-order valence-corrected chi connectivity index (χ4v) is 2.04. The van der Waals surface area contributed by atoms with Crippen LogP contribution in [0.1, 0.15) is 5.56 Å². The van der Waals surface area contributed by atoms with Gasteiger partial charge in [0, 0.05) is 12.7 Å². The Hall–Kier alpha value is -1.26. The maximum atomic E-state index is 5.59. The molecule has 4 heteroatoms. The number of aromatic nitrogens is 2. The largest absolute Gasteiger partial charge is 0.326 e. The Morgan fingerprint density at radius 3 is 3.00 bits per heavy atom. The highest BCUT2D eigenvalue weighted by molar-refractivity contribution is 7.13. The van der Waals surface area contributed by atoms with Crippen LogP contribution in [0.15, 0.2) is 29.8 Å². The van der Waals surface area contributed by atoms with Crippen molar-refractivity contribution in [2.75, 3.05) is 0 Å². The second kappa shape index (κ2) is 3.64. The van der Waals surface area contributed by atoms with Gasteiger partial charge < -0.3 is 5.73 Å². The summed E-state index contributed by atoms with van der Waals surface area (Å²) in [6.45, 7) is 0.551. The lowest BCUT2D eigenvalue weighted by atomic mass is 10.2. The van der Waals surface area contributed by atoms with E-state index in [4.69, 9.17) is 5.73 Å². The number of thiophene rings is 1. The first-order valence-electron chi connectivity index (χ1n) is 3.96. The predicted octanol–water partition coefficient (Wildman–Crippen LogP) is 1.66. The maximum Gasteiger partial charge on any atom is 0.103 e. The molecule has 2 N–H and O–H groups in total. The molecular weight excluding hydrogens is 182 g/mol. The van der Waals surface area contributed by atoms with Crippen LogP contribution in [0, 0.1) is 0 Å². The highest BCUT2D eigenvalue weighted by Crippen LogP contribution is 2.26. The molecule has 0 radical (unpaired) electrons. The lowest BCUT2D eigenvalue weighted by Crippen LogP contribution is -1.96. The van der Waals surface area contributed by atoms with Crippen LogP contribution in [0.4, 0.5) is 0 Å². The van der Waals surface area contributed by atoms with E-state index in [0.717, 1.165) is 16.1 Å². The van der Waals surface area contributed by atoms with Crippen LogP contribution < -0.4 is 5.73 Å². The Labute approximate surface area is 80.2 Å². The molecule has 0 aliphatic carbocycles. The van der Waals surface area contributed by atoms with Gasteiger partial charge in [0.15, 0.2) is 0 Å². The minimum atomic E-state index is 0.551. The summed E-state index contributed by atoms with van der Waals surface area (Å²) in [4.78, 5) is 1.12. The first kappa shape index (κ1) is 8.34. The monoisotopic (exact) mass is 191 g/mol. The number of hydrogen-bond acceptors (Lipinski definition) is 4. The smallest absolute Gasteiger partial charge is 0.103 e. The van der Waals surface area contributed by atoms with E-state index >= 15 is 0 Å². The summed E-state index contributed by atoms with van der Waals surface area (Å²) in [6, 6.07) is 5.84. The van der Waals surface area contributed by atoms with E-state index in [2.05, 4.69) is 10.2 Å². The molecule has 2 aromatic heterocycles. The van der Waals surface area contributed by atoms with E-state index in [1.807, 2.05) is 23.6 Å². The normalized spacial score (nSPS) is 10.2. The van der Waals surface area contributed by atoms with Crippen molar-refractivity contribution in [2.45, 2.75) is 6.54 Å². The number of rotatable bonds is 2. The highest BCUT2D eigenvalue weighted by Gasteiger charge is 2.05. The van der Waals surface area contributed by atoms with Crippen molar-refractivity contribution in [1.82, 2.24) is 10.2 Å².